The number of halogens is 1. The highest BCUT2D eigenvalue weighted by atomic mass is 35.5. The van der Waals surface area contributed by atoms with Crippen molar-refractivity contribution in [2.24, 2.45) is 0 Å². The van der Waals surface area contributed by atoms with Crippen molar-refractivity contribution in [2.45, 2.75) is 0 Å². The van der Waals surface area contributed by atoms with E-state index in [1.165, 1.54) is 27.4 Å². The zero-order valence-electron chi connectivity index (χ0n) is 12.5. The number of hydrogen-bond donors (Lipinski definition) is 1. The van der Waals surface area contributed by atoms with Crippen molar-refractivity contribution in [1.82, 2.24) is 0 Å². The molecule has 0 radical (unpaired) electrons. The summed E-state index contributed by atoms with van der Waals surface area (Å²) in [5.41, 5.74) is 6.76. The largest absolute Gasteiger partial charge is 0.496 e. The molecule has 0 fully saturated rings. The average Bonchev–Trinajstić information content (AvgIpc) is 2.54. The molecule has 0 bridgehead atoms. The summed E-state index contributed by atoms with van der Waals surface area (Å²) in [6.07, 6.45) is 0. The third-order valence-corrected chi connectivity index (χ3v) is 3.44. The molecule has 0 spiro atoms. The van der Waals surface area contributed by atoms with Crippen molar-refractivity contribution in [1.29, 1.82) is 0 Å². The Morgan fingerprint density at radius 1 is 1.00 bits per heavy atom. The zero-order chi connectivity index (χ0) is 16.3. The van der Waals surface area contributed by atoms with Gasteiger partial charge in [-0.15, -0.1) is 0 Å². The number of carbonyl (C=O) groups is 1. The van der Waals surface area contributed by atoms with Crippen molar-refractivity contribution in [3.05, 3.63) is 46.5 Å². The molecule has 2 N–H and O–H groups in total. The van der Waals surface area contributed by atoms with Gasteiger partial charge in [-0.3, -0.25) is 4.79 Å². The standard InChI is InChI=1S/C16H16ClNO4/c1-20-10-7-13(21-2)15(14(8-10)22-3)16(19)11-6-9(17)4-5-12(11)18/h4-8H,18H2,1-3H3. The minimum atomic E-state index is -0.337. The fraction of sp³-hybridized carbons (Fsp3) is 0.188. The summed E-state index contributed by atoms with van der Waals surface area (Å²) in [6, 6.07) is 7.93. The van der Waals surface area contributed by atoms with E-state index in [0.717, 1.165) is 0 Å². The fourth-order valence-corrected chi connectivity index (χ4v) is 2.26. The Morgan fingerprint density at radius 3 is 2.09 bits per heavy atom. The Bertz CT molecular complexity index is 690. The summed E-state index contributed by atoms with van der Waals surface area (Å²) < 4.78 is 15.7. The lowest BCUT2D eigenvalue weighted by molar-refractivity contribution is 0.103. The predicted octanol–water partition coefficient (Wildman–Crippen LogP) is 3.18. The number of hydrogen-bond acceptors (Lipinski definition) is 5. The zero-order valence-corrected chi connectivity index (χ0v) is 13.2. The second-order valence-corrected chi connectivity index (χ2v) is 4.90. The number of benzene rings is 2. The summed E-state index contributed by atoms with van der Waals surface area (Å²) in [6.45, 7) is 0. The predicted molar refractivity (Wildman–Crippen MR) is 85.4 cm³/mol. The van der Waals surface area contributed by atoms with Crippen LogP contribution < -0.4 is 19.9 Å². The van der Waals surface area contributed by atoms with E-state index in [1.807, 2.05) is 0 Å². The number of nitrogen functional groups attached to an aromatic ring is 1. The number of anilines is 1. The maximum absolute atomic E-state index is 12.8. The van der Waals surface area contributed by atoms with Gasteiger partial charge in [0.25, 0.3) is 0 Å². The van der Waals surface area contributed by atoms with E-state index in [0.29, 0.717) is 28.0 Å². The highest BCUT2D eigenvalue weighted by molar-refractivity contribution is 6.31. The number of rotatable bonds is 5. The van der Waals surface area contributed by atoms with E-state index in [1.54, 1.807) is 24.3 Å². The van der Waals surface area contributed by atoms with Crippen LogP contribution in [0.2, 0.25) is 5.02 Å². The van der Waals surface area contributed by atoms with Crippen molar-refractivity contribution in [3.63, 3.8) is 0 Å². The second kappa shape index (κ2) is 6.58. The smallest absolute Gasteiger partial charge is 0.202 e. The summed E-state index contributed by atoms with van der Waals surface area (Å²) in [4.78, 5) is 12.8. The number of ketones is 1. The summed E-state index contributed by atoms with van der Waals surface area (Å²) in [7, 11) is 4.45. The van der Waals surface area contributed by atoms with E-state index in [9.17, 15) is 4.79 Å². The van der Waals surface area contributed by atoms with Gasteiger partial charge < -0.3 is 19.9 Å². The second-order valence-electron chi connectivity index (χ2n) is 4.47. The van der Waals surface area contributed by atoms with Crippen molar-refractivity contribution in [2.75, 3.05) is 27.1 Å². The van der Waals surface area contributed by atoms with Crippen LogP contribution in [0.1, 0.15) is 15.9 Å². The maximum atomic E-state index is 12.8. The molecule has 0 unspecified atom stereocenters. The molecule has 0 aromatic heterocycles. The molecule has 0 aliphatic heterocycles. The molecule has 2 rings (SSSR count). The van der Waals surface area contributed by atoms with E-state index >= 15 is 0 Å². The van der Waals surface area contributed by atoms with E-state index in [2.05, 4.69) is 0 Å². The van der Waals surface area contributed by atoms with Gasteiger partial charge in [-0.2, -0.15) is 0 Å². The molecular formula is C16H16ClNO4. The fourth-order valence-electron chi connectivity index (χ4n) is 2.09. The SMILES string of the molecule is COc1cc(OC)c(C(=O)c2cc(Cl)ccc2N)c(OC)c1. The van der Waals surface area contributed by atoms with Crippen LogP contribution >= 0.6 is 11.6 Å². The van der Waals surface area contributed by atoms with E-state index < -0.39 is 0 Å². The summed E-state index contributed by atoms with van der Waals surface area (Å²) in [5.74, 6) is 0.849. The number of methoxy groups -OCH3 is 3. The molecule has 5 nitrogen and oxygen atoms in total. The lowest BCUT2D eigenvalue weighted by Gasteiger charge is -2.15. The lowest BCUT2D eigenvalue weighted by atomic mass is 9.99. The third-order valence-electron chi connectivity index (χ3n) is 3.20. The first-order valence-electron chi connectivity index (χ1n) is 6.41. The van der Waals surface area contributed by atoms with Gasteiger partial charge in [0.15, 0.2) is 0 Å². The molecular weight excluding hydrogens is 306 g/mol. The van der Waals surface area contributed by atoms with Gasteiger partial charge in [-0.05, 0) is 18.2 Å². The molecule has 0 saturated carbocycles. The van der Waals surface area contributed by atoms with Crippen LogP contribution in [0.15, 0.2) is 30.3 Å². The van der Waals surface area contributed by atoms with Crippen LogP contribution in [0.4, 0.5) is 5.69 Å². The first kappa shape index (κ1) is 16.0. The van der Waals surface area contributed by atoms with Gasteiger partial charge in [0, 0.05) is 28.4 Å². The van der Waals surface area contributed by atoms with Crippen LogP contribution in [0.3, 0.4) is 0 Å². The Labute approximate surface area is 133 Å². The molecule has 2 aromatic carbocycles. The van der Waals surface area contributed by atoms with Crippen molar-refractivity contribution in [3.8, 4) is 17.2 Å². The third kappa shape index (κ3) is 2.94. The van der Waals surface area contributed by atoms with Gasteiger partial charge in [0.05, 0.1) is 21.3 Å². The normalized spacial score (nSPS) is 10.2. The maximum Gasteiger partial charge on any atom is 0.202 e. The van der Waals surface area contributed by atoms with Crippen LogP contribution in [-0.4, -0.2) is 27.1 Å². The molecule has 0 heterocycles. The minimum Gasteiger partial charge on any atom is -0.496 e. The molecule has 0 aliphatic rings. The van der Waals surface area contributed by atoms with Crippen molar-refractivity contribution >= 4 is 23.1 Å². The molecule has 22 heavy (non-hydrogen) atoms. The van der Waals surface area contributed by atoms with E-state index in [-0.39, 0.29) is 16.9 Å². The van der Waals surface area contributed by atoms with Gasteiger partial charge in [0.2, 0.25) is 5.78 Å². The highest BCUT2D eigenvalue weighted by Crippen LogP contribution is 2.36. The monoisotopic (exact) mass is 321 g/mol. The van der Waals surface area contributed by atoms with E-state index in [4.69, 9.17) is 31.5 Å². The number of nitrogens with two attached hydrogens (primary N) is 1. The molecule has 116 valence electrons. The molecule has 6 heteroatoms. The molecule has 0 atom stereocenters. The number of carbonyl (C=O) groups excluding carboxylic acids is 1. The Morgan fingerprint density at radius 2 is 1.59 bits per heavy atom. The molecule has 2 aromatic rings. The molecule has 0 amide bonds. The Balaban J connectivity index is 2.64. The summed E-state index contributed by atoms with van der Waals surface area (Å²) in [5, 5.41) is 0.420. The summed E-state index contributed by atoms with van der Waals surface area (Å²) >= 11 is 5.95. The average molecular weight is 322 g/mol. The Hall–Kier alpha value is -2.40. The van der Waals surface area contributed by atoms with Gasteiger partial charge >= 0.3 is 0 Å². The molecule has 0 saturated heterocycles. The number of ether oxygens (including phenoxy) is 3. The molecule has 0 aliphatic carbocycles. The van der Waals surface area contributed by atoms with Crippen LogP contribution in [-0.2, 0) is 0 Å². The van der Waals surface area contributed by atoms with Gasteiger partial charge in [-0.1, -0.05) is 11.6 Å². The highest BCUT2D eigenvalue weighted by Gasteiger charge is 2.23. The Kier molecular flexibility index (Phi) is 4.78. The topological polar surface area (TPSA) is 70.8 Å². The van der Waals surface area contributed by atoms with Gasteiger partial charge in [-0.25, -0.2) is 0 Å². The van der Waals surface area contributed by atoms with Crippen LogP contribution in [0.25, 0.3) is 0 Å². The minimum absolute atomic E-state index is 0.264. The first-order valence-corrected chi connectivity index (χ1v) is 6.79. The van der Waals surface area contributed by atoms with Crippen molar-refractivity contribution < 1.29 is 19.0 Å². The quantitative estimate of drug-likeness (QED) is 0.676. The first-order chi connectivity index (χ1) is 10.5. The van der Waals surface area contributed by atoms with Crippen LogP contribution in [0, 0.1) is 0 Å². The van der Waals surface area contributed by atoms with Crippen LogP contribution in [0.5, 0.6) is 17.2 Å². The van der Waals surface area contributed by atoms with Gasteiger partial charge in [0.1, 0.15) is 22.8 Å². The lowest BCUT2D eigenvalue weighted by Crippen LogP contribution is -2.09.